The van der Waals surface area contributed by atoms with Crippen LogP contribution in [0.2, 0.25) is 0 Å². The average Bonchev–Trinajstić information content (AvgIpc) is 2.04. The topological polar surface area (TPSA) is 62.7 Å². The molecule has 1 heterocycles. The fourth-order valence-electron chi connectivity index (χ4n) is 0.781. The molecule has 0 atom stereocenters. The van der Waals surface area contributed by atoms with Crippen LogP contribution in [-0.4, -0.2) is 4.98 Å². The van der Waals surface area contributed by atoms with E-state index in [0.29, 0.717) is 0 Å². The molecule has 3 nitrogen and oxygen atoms in total. The molecule has 13 heavy (non-hydrogen) atoms. The van der Waals surface area contributed by atoms with Crippen molar-refractivity contribution >= 4 is 5.69 Å². The van der Waals surface area contributed by atoms with E-state index in [9.17, 15) is 13.2 Å². The maximum atomic E-state index is 12.9. The van der Waals surface area contributed by atoms with Crippen LogP contribution in [0.15, 0.2) is 6.20 Å². The van der Waals surface area contributed by atoms with E-state index in [1.54, 1.807) is 0 Å². The molecule has 0 bridgehead atoms. The van der Waals surface area contributed by atoms with Crippen molar-refractivity contribution in [3.05, 3.63) is 23.3 Å². The second kappa shape index (κ2) is 3.31. The smallest absolute Gasteiger partial charge is 0.283 e. The lowest BCUT2D eigenvalue weighted by Crippen LogP contribution is -2.02. The molecule has 0 aliphatic carbocycles. The molecule has 0 saturated heterocycles. The van der Waals surface area contributed by atoms with Crippen LogP contribution in [-0.2, 0) is 0 Å². The number of hydrogen-bond acceptors (Lipinski definition) is 3. The third kappa shape index (κ3) is 1.54. The summed E-state index contributed by atoms with van der Waals surface area (Å²) in [6.45, 7) is 0. The first-order chi connectivity index (χ1) is 6.07. The van der Waals surface area contributed by atoms with Gasteiger partial charge in [0.15, 0.2) is 5.82 Å². The molecular formula is C7H4F3N3. The Bertz CT molecular complexity index is 370. The molecule has 1 rings (SSSR count). The number of alkyl halides is 2. The lowest BCUT2D eigenvalue weighted by atomic mass is 10.2. The van der Waals surface area contributed by atoms with Crippen molar-refractivity contribution in [3.8, 4) is 6.07 Å². The van der Waals surface area contributed by atoms with E-state index in [-0.39, 0.29) is 5.69 Å². The highest BCUT2D eigenvalue weighted by Gasteiger charge is 2.19. The van der Waals surface area contributed by atoms with Gasteiger partial charge in [-0.05, 0) is 0 Å². The standard InChI is InChI=1S/C7H4F3N3/c8-5-3(1-11)4(12)2-13-6(5)7(9)10/h2,7H,12H2. The number of nitriles is 1. The Hall–Kier alpha value is -1.77. The minimum absolute atomic E-state index is 0.246. The summed E-state index contributed by atoms with van der Waals surface area (Å²) in [5.74, 6) is -1.35. The van der Waals surface area contributed by atoms with Crippen molar-refractivity contribution < 1.29 is 13.2 Å². The predicted molar refractivity (Wildman–Crippen MR) is 38.3 cm³/mol. The average molecular weight is 187 g/mol. The second-order valence-corrected chi connectivity index (χ2v) is 2.20. The Morgan fingerprint density at radius 1 is 1.54 bits per heavy atom. The van der Waals surface area contributed by atoms with Crippen LogP contribution in [0.25, 0.3) is 0 Å². The van der Waals surface area contributed by atoms with E-state index in [1.165, 1.54) is 6.07 Å². The van der Waals surface area contributed by atoms with Crippen LogP contribution in [0.4, 0.5) is 18.9 Å². The molecule has 6 heteroatoms. The van der Waals surface area contributed by atoms with Crippen LogP contribution in [0, 0.1) is 17.1 Å². The molecule has 0 unspecified atom stereocenters. The van der Waals surface area contributed by atoms with Crippen LogP contribution in [0.3, 0.4) is 0 Å². The fourth-order valence-corrected chi connectivity index (χ4v) is 0.781. The van der Waals surface area contributed by atoms with Crippen LogP contribution >= 0.6 is 0 Å². The third-order valence-corrected chi connectivity index (χ3v) is 1.39. The molecule has 0 aliphatic rings. The lowest BCUT2D eigenvalue weighted by molar-refractivity contribution is 0.140. The van der Waals surface area contributed by atoms with E-state index in [2.05, 4.69) is 4.98 Å². The summed E-state index contributed by atoms with van der Waals surface area (Å²) >= 11 is 0. The van der Waals surface area contributed by atoms with Crippen molar-refractivity contribution in [2.24, 2.45) is 0 Å². The number of halogens is 3. The Morgan fingerprint density at radius 2 is 2.15 bits per heavy atom. The molecule has 0 aliphatic heterocycles. The first kappa shape index (κ1) is 9.32. The number of nitrogens with two attached hydrogens (primary N) is 1. The first-order valence-electron chi connectivity index (χ1n) is 3.20. The first-order valence-corrected chi connectivity index (χ1v) is 3.20. The van der Waals surface area contributed by atoms with E-state index >= 15 is 0 Å². The summed E-state index contributed by atoms with van der Waals surface area (Å²) in [5.41, 5.74) is 3.24. The zero-order chi connectivity index (χ0) is 10.0. The summed E-state index contributed by atoms with van der Waals surface area (Å²) in [7, 11) is 0. The Morgan fingerprint density at radius 3 is 2.62 bits per heavy atom. The van der Waals surface area contributed by atoms with Crippen molar-refractivity contribution in [2.45, 2.75) is 6.43 Å². The van der Waals surface area contributed by atoms with Gasteiger partial charge in [0.25, 0.3) is 6.43 Å². The fraction of sp³-hybridized carbons (Fsp3) is 0.143. The van der Waals surface area contributed by atoms with Crippen LogP contribution < -0.4 is 5.73 Å². The van der Waals surface area contributed by atoms with E-state index < -0.39 is 23.5 Å². The maximum Gasteiger partial charge on any atom is 0.283 e. The zero-order valence-corrected chi connectivity index (χ0v) is 6.26. The van der Waals surface area contributed by atoms with Crippen molar-refractivity contribution in [1.29, 1.82) is 5.26 Å². The van der Waals surface area contributed by atoms with Gasteiger partial charge in [-0.3, -0.25) is 0 Å². The maximum absolute atomic E-state index is 12.9. The quantitative estimate of drug-likeness (QED) is 0.726. The molecule has 2 N–H and O–H groups in total. The molecule has 0 radical (unpaired) electrons. The Labute approximate surface area is 71.6 Å². The highest BCUT2D eigenvalue weighted by Crippen LogP contribution is 2.24. The molecule has 68 valence electrons. The van der Waals surface area contributed by atoms with Gasteiger partial charge in [-0.25, -0.2) is 18.2 Å². The zero-order valence-electron chi connectivity index (χ0n) is 6.26. The molecule has 0 saturated carbocycles. The van der Waals surface area contributed by atoms with Gasteiger partial charge in [0.2, 0.25) is 0 Å². The van der Waals surface area contributed by atoms with E-state index in [0.717, 1.165) is 6.20 Å². The number of rotatable bonds is 1. The number of anilines is 1. The summed E-state index contributed by atoms with van der Waals surface area (Å²) in [6.07, 6.45) is -2.21. The van der Waals surface area contributed by atoms with Gasteiger partial charge in [-0.15, -0.1) is 0 Å². The summed E-state index contributed by atoms with van der Waals surface area (Å²) < 4.78 is 37.0. The van der Waals surface area contributed by atoms with Gasteiger partial charge in [0.05, 0.1) is 11.9 Å². The van der Waals surface area contributed by atoms with Crippen molar-refractivity contribution in [3.63, 3.8) is 0 Å². The van der Waals surface area contributed by atoms with Crippen LogP contribution in [0.1, 0.15) is 17.7 Å². The SMILES string of the molecule is N#Cc1c(N)cnc(C(F)F)c1F. The molecule has 0 fully saturated rings. The summed E-state index contributed by atoms with van der Waals surface area (Å²) in [5, 5.41) is 8.36. The molecule has 0 spiro atoms. The van der Waals surface area contributed by atoms with Gasteiger partial charge in [0, 0.05) is 0 Å². The number of hydrogen-bond donors (Lipinski definition) is 1. The number of nitrogen functional groups attached to an aromatic ring is 1. The molecular weight excluding hydrogens is 183 g/mol. The largest absolute Gasteiger partial charge is 0.396 e. The van der Waals surface area contributed by atoms with Gasteiger partial charge >= 0.3 is 0 Å². The number of aromatic nitrogens is 1. The molecule has 0 aromatic carbocycles. The third-order valence-electron chi connectivity index (χ3n) is 1.39. The molecule has 0 amide bonds. The van der Waals surface area contributed by atoms with Crippen molar-refractivity contribution in [1.82, 2.24) is 4.98 Å². The normalized spacial score (nSPS) is 10.1. The predicted octanol–water partition coefficient (Wildman–Crippen LogP) is 1.61. The number of pyridine rings is 1. The molecule has 1 aromatic heterocycles. The van der Waals surface area contributed by atoms with Gasteiger partial charge in [-0.2, -0.15) is 5.26 Å². The Kier molecular flexibility index (Phi) is 2.37. The van der Waals surface area contributed by atoms with E-state index in [1.807, 2.05) is 0 Å². The van der Waals surface area contributed by atoms with Gasteiger partial charge < -0.3 is 5.73 Å². The van der Waals surface area contributed by atoms with Crippen LogP contribution in [0.5, 0.6) is 0 Å². The van der Waals surface area contributed by atoms with E-state index in [4.69, 9.17) is 11.0 Å². The van der Waals surface area contributed by atoms with Gasteiger partial charge in [-0.1, -0.05) is 0 Å². The molecule has 1 aromatic rings. The van der Waals surface area contributed by atoms with Crippen molar-refractivity contribution in [2.75, 3.05) is 5.73 Å². The number of nitrogens with zero attached hydrogens (tertiary/aromatic N) is 2. The second-order valence-electron chi connectivity index (χ2n) is 2.20. The highest BCUT2D eigenvalue weighted by molar-refractivity contribution is 5.53. The Balaban J connectivity index is 3.38. The minimum atomic E-state index is -3.05. The highest BCUT2D eigenvalue weighted by atomic mass is 19.3. The summed E-state index contributed by atoms with van der Waals surface area (Å²) in [4.78, 5) is 3.08. The monoisotopic (exact) mass is 187 g/mol. The minimum Gasteiger partial charge on any atom is -0.396 e. The lowest BCUT2D eigenvalue weighted by Gasteiger charge is -2.03. The summed E-state index contributed by atoms with van der Waals surface area (Å²) in [6, 6.07) is 1.39. The van der Waals surface area contributed by atoms with Gasteiger partial charge in [0.1, 0.15) is 17.3 Å².